The van der Waals surface area contributed by atoms with Gasteiger partial charge in [-0.3, -0.25) is 9.67 Å². The van der Waals surface area contributed by atoms with E-state index in [2.05, 4.69) is 15.1 Å². The Hall–Kier alpha value is -3.02. The van der Waals surface area contributed by atoms with Gasteiger partial charge in [-0.25, -0.2) is 9.78 Å². The molecule has 1 aliphatic carbocycles. The molecule has 2 aromatic heterocycles. The quantitative estimate of drug-likeness (QED) is 0.747. The van der Waals surface area contributed by atoms with Crippen molar-refractivity contribution in [1.29, 1.82) is 0 Å². The van der Waals surface area contributed by atoms with Crippen molar-refractivity contribution in [3.05, 3.63) is 55.0 Å². The highest BCUT2D eigenvalue weighted by molar-refractivity contribution is 5.79. The molecule has 4 rings (SSSR count). The molecule has 6 heteroatoms. The summed E-state index contributed by atoms with van der Waals surface area (Å²) in [7, 11) is 0. The Balaban J connectivity index is 1.50. The van der Waals surface area contributed by atoms with Crippen molar-refractivity contribution in [2.24, 2.45) is 5.92 Å². The minimum Gasteiger partial charge on any atom is -0.478 e. The molecule has 1 N–H and O–H groups in total. The van der Waals surface area contributed by atoms with Crippen molar-refractivity contribution in [3.63, 3.8) is 0 Å². The Morgan fingerprint density at radius 2 is 2.00 bits per heavy atom. The average molecular weight is 320 g/mol. The summed E-state index contributed by atoms with van der Waals surface area (Å²) in [6, 6.07) is 8.09. The van der Waals surface area contributed by atoms with Crippen LogP contribution in [0.5, 0.6) is 0 Å². The van der Waals surface area contributed by atoms with E-state index in [1.807, 2.05) is 35.1 Å². The summed E-state index contributed by atoms with van der Waals surface area (Å²) in [4.78, 5) is 19.6. The second-order valence-corrected chi connectivity index (χ2v) is 6.04. The van der Waals surface area contributed by atoms with Crippen LogP contribution in [0.3, 0.4) is 0 Å². The van der Waals surface area contributed by atoms with Gasteiger partial charge in [0.15, 0.2) is 0 Å². The number of carboxylic acids is 1. The van der Waals surface area contributed by atoms with Crippen LogP contribution >= 0.6 is 0 Å². The van der Waals surface area contributed by atoms with Crippen molar-refractivity contribution in [1.82, 2.24) is 19.7 Å². The first-order chi connectivity index (χ1) is 11.7. The van der Waals surface area contributed by atoms with Crippen LogP contribution in [0.15, 0.2) is 55.0 Å². The number of para-hydroxylation sites is 2. The largest absolute Gasteiger partial charge is 0.478 e. The molecule has 1 aromatic carbocycles. The SMILES string of the molecule is O=C(O)/C=C/C1CC(n2cc(-c3cnc4ccccc4n3)cn2)C1. The molecule has 2 heterocycles. The lowest BCUT2D eigenvalue weighted by Gasteiger charge is -2.33. The first-order valence-electron chi connectivity index (χ1n) is 7.86. The molecular weight excluding hydrogens is 304 g/mol. The summed E-state index contributed by atoms with van der Waals surface area (Å²) in [5.74, 6) is -0.575. The van der Waals surface area contributed by atoms with Crippen molar-refractivity contribution < 1.29 is 9.90 Å². The zero-order chi connectivity index (χ0) is 16.5. The predicted molar refractivity (Wildman–Crippen MR) is 89.3 cm³/mol. The number of hydrogen-bond acceptors (Lipinski definition) is 4. The molecule has 3 aromatic rings. The Morgan fingerprint density at radius 3 is 2.79 bits per heavy atom. The van der Waals surface area contributed by atoms with Gasteiger partial charge in [0.05, 0.1) is 35.2 Å². The standard InChI is InChI=1S/C18H16N4O2/c23-18(24)6-5-12-7-14(8-12)22-11-13(9-20-22)17-10-19-15-3-1-2-4-16(15)21-17/h1-6,9-12,14H,7-8H2,(H,23,24)/b6-5+. The monoisotopic (exact) mass is 320 g/mol. The van der Waals surface area contributed by atoms with Crippen LogP contribution < -0.4 is 0 Å². The summed E-state index contributed by atoms with van der Waals surface area (Å²) in [5.41, 5.74) is 3.49. The van der Waals surface area contributed by atoms with Gasteiger partial charge >= 0.3 is 5.97 Å². The molecule has 0 bridgehead atoms. The highest BCUT2D eigenvalue weighted by Gasteiger charge is 2.29. The van der Waals surface area contributed by atoms with E-state index in [-0.39, 0.29) is 0 Å². The van der Waals surface area contributed by atoms with Gasteiger partial charge in [-0.1, -0.05) is 18.2 Å². The molecule has 1 fully saturated rings. The number of rotatable bonds is 4. The lowest BCUT2D eigenvalue weighted by molar-refractivity contribution is -0.131. The fourth-order valence-corrected chi connectivity index (χ4v) is 2.99. The highest BCUT2D eigenvalue weighted by Crippen LogP contribution is 2.38. The maximum atomic E-state index is 10.5. The van der Waals surface area contributed by atoms with Gasteiger partial charge in [-0.15, -0.1) is 0 Å². The fraction of sp³-hybridized carbons (Fsp3) is 0.222. The van der Waals surface area contributed by atoms with Crippen LogP contribution in [-0.4, -0.2) is 30.8 Å². The van der Waals surface area contributed by atoms with Gasteiger partial charge in [0.25, 0.3) is 0 Å². The van der Waals surface area contributed by atoms with Crippen LogP contribution in [-0.2, 0) is 4.79 Å². The third kappa shape index (κ3) is 2.78. The van der Waals surface area contributed by atoms with Gasteiger partial charge in [0.2, 0.25) is 0 Å². The Kier molecular flexibility index (Phi) is 3.57. The Morgan fingerprint density at radius 1 is 1.21 bits per heavy atom. The van der Waals surface area contributed by atoms with E-state index in [4.69, 9.17) is 5.11 Å². The number of carboxylic acid groups (broad SMARTS) is 1. The summed E-state index contributed by atoms with van der Waals surface area (Å²) >= 11 is 0. The second-order valence-electron chi connectivity index (χ2n) is 6.04. The number of allylic oxidation sites excluding steroid dienone is 1. The summed E-state index contributed by atoms with van der Waals surface area (Å²) in [6.45, 7) is 0. The van der Waals surface area contributed by atoms with Crippen LogP contribution in [0.2, 0.25) is 0 Å². The molecule has 24 heavy (non-hydrogen) atoms. The van der Waals surface area contributed by atoms with Gasteiger partial charge < -0.3 is 5.11 Å². The molecule has 0 unspecified atom stereocenters. The summed E-state index contributed by atoms with van der Waals surface area (Å²) in [5, 5.41) is 13.1. The maximum Gasteiger partial charge on any atom is 0.327 e. The molecule has 1 saturated carbocycles. The van der Waals surface area contributed by atoms with Crippen LogP contribution in [0.4, 0.5) is 0 Å². The van der Waals surface area contributed by atoms with Crippen molar-refractivity contribution in [2.45, 2.75) is 18.9 Å². The van der Waals surface area contributed by atoms with Crippen LogP contribution in [0.1, 0.15) is 18.9 Å². The number of hydrogen-bond donors (Lipinski definition) is 1. The van der Waals surface area contributed by atoms with E-state index in [1.54, 1.807) is 18.5 Å². The number of fused-ring (bicyclic) bond motifs is 1. The lowest BCUT2D eigenvalue weighted by Crippen LogP contribution is -2.25. The first-order valence-corrected chi connectivity index (χ1v) is 7.86. The Labute approximate surface area is 138 Å². The van der Waals surface area contributed by atoms with Crippen molar-refractivity contribution in [2.75, 3.05) is 0 Å². The third-order valence-electron chi connectivity index (χ3n) is 4.38. The number of carbonyl (C=O) groups is 1. The minimum absolute atomic E-state index is 0.315. The van der Waals surface area contributed by atoms with E-state index in [9.17, 15) is 4.79 Å². The molecule has 0 atom stereocenters. The van der Waals surface area contributed by atoms with Gasteiger partial charge in [0.1, 0.15) is 0 Å². The van der Waals surface area contributed by atoms with E-state index >= 15 is 0 Å². The van der Waals surface area contributed by atoms with Gasteiger partial charge in [-0.05, 0) is 30.9 Å². The van der Waals surface area contributed by atoms with E-state index in [1.165, 1.54) is 6.08 Å². The van der Waals surface area contributed by atoms with Gasteiger partial charge in [0, 0.05) is 17.8 Å². The molecule has 0 saturated heterocycles. The zero-order valence-corrected chi connectivity index (χ0v) is 12.9. The molecule has 0 radical (unpaired) electrons. The molecule has 0 spiro atoms. The first kappa shape index (κ1) is 14.6. The normalized spacial score (nSPS) is 20.3. The number of nitrogens with zero attached hydrogens (tertiary/aromatic N) is 4. The molecule has 6 nitrogen and oxygen atoms in total. The topological polar surface area (TPSA) is 80.9 Å². The second kappa shape index (κ2) is 5.88. The molecule has 0 amide bonds. The predicted octanol–water partition coefficient (Wildman–Crippen LogP) is 3.09. The third-order valence-corrected chi connectivity index (χ3v) is 4.38. The number of benzene rings is 1. The maximum absolute atomic E-state index is 10.5. The highest BCUT2D eigenvalue weighted by atomic mass is 16.4. The minimum atomic E-state index is -0.894. The van der Waals surface area contributed by atoms with E-state index < -0.39 is 5.97 Å². The molecule has 0 aliphatic heterocycles. The molecule has 1 aliphatic rings. The van der Waals surface area contributed by atoms with Crippen molar-refractivity contribution >= 4 is 17.0 Å². The smallest absolute Gasteiger partial charge is 0.327 e. The zero-order valence-electron chi connectivity index (χ0n) is 12.9. The van der Waals surface area contributed by atoms with Crippen LogP contribution in [0.25, 0.3) is 22.3 Å². The average Bonchev–Trinajstić information content (AvgIpc) is 3.02. The van der Waals surface area contributed by atoms with E-state index in [0.717, 1.165) is 35.1 Å². The van der Waals surface area contributed by atoms with Crippen LogP contribution in [0, 0.1) is 5.92 Å². The fourth-order valence-electron chi connectivity index (χ4n) is 2.99. The number of aromatic nitrogens is 4. The molecular formula is C18H16N4O2. The summed E-state index contributed by atoms with van der Waals surface area (Å²) < 4.78 is 1.94. The molecule has 120 valence electrons. The summed E-state index contributed by atoms with van der Waals surface area (Å²) in [6.07, 6.45) is 10.4. The van der Waals surface area contributed by atoms with Crippen molar-refractivity contribution in [3.8, 4) is 11.3 Å². The van der Waals surface area contributed by atoms with E-state index in [0.29, 0.717) is 12.0 Å². The van der Waals surface area contributed by atoms with Gasteiger partial charge in [-0.2, -0.15) is 5.10 Å². The number of aliphatic carboxylic acids is 1. The lowest BCUT2D eigenvalue weighted by atomic mass is 9.80. The Bertz CT molecular complexity index is 925.